The Labute approximate surface area is 204 Å². The Hall–Kier alpha value is -3.32. The molecule has 11 heteroatoms. The Bertz CT molecular complexity index is 1300. The van der Waals surface area contributed by atoms with Gasteiger partial charge in [-0.15, -0.1) is 0 Å². The van der Waals surface area contributed by atoms with Crippen LogP contribution in [0.4, 0.5) is 11.4 Å². The van der Waals surface area contributed by atoms with Crippen LogP contribution in [0.15, 0.2) is 88.9 Å². The summed E-state index contributed by atoms with van der Waals surface area (Å²) in [7, 11) is -4.02. The van der Waals surface area contributed by atoms with Gasteiger partial charge < -0.3 is 0 Å². The first-order valence-corrected chi connectivity index (χ1v) is 12.1. The van der Waals surface area contributed by atoms with Gasteiger partial charge in [-0.2, -0.15) is 5.10 Å². The highest BCUT2D eigenvalue weighted by molar-refractivity contribution is 14.1. The molecule has 1 N–H and O–H groups in total. The van der Waals surface area contributed by atoms with Crippen molar-refractivity contribution >= 4 is 55.6 Å². The summed E-state index contributed by atoms with van der Waals surface area (Å²) < 4.78 is 28.4. The number of sulfonamides is 1. The Morgan fingerprint density at radius 2 is 1.73 bits per heavy atom. The van der Waals surface area contributed by atoms with E-state index in [1.54, 1.807) is 55.5 Å². The van der Waals surface area contributed by atoms with E-state index in [0.717, 1.165) is 7.88 Å². The van der Waals surface area contributed by atoms with Crippen molar-refractivity contribution < 1.29 is 18.1 Å². The van der Waals surface area contributed by atoms with Crippen molar-refractivity contribution in [3.05, 3.63) is 98.1 Å². The SMILES string of the molecule is C/C(=N/NC(=O)CN(c1ccc(I)cc1)S(=O)(=O)c1ccccc1)c1cccc([N+](=O)[O-])c1. The molecule has 0 heterocycles. The van der Waals surface area contributed by atoms with E-state index in [1.165, 1.54) is 30.3 Å². The molecule has 0 aliphatic rings. The molecule has 170 valence electrons. The largest absolute Gasteiger partial charge is 0.271 e. The molecule has 0 aliphatic heterocycles. The van der Waals surface area contributed by atoms with Gasteiger partial charge in [0.2, 0.25) is 0 Å². The highest BCUT2D eigenvalue weighted by Gasteiger charge is 2.27. The second-order valence-corrected chi connectivity index (χ2v) is 9.95. The van der Waals surface area contributed by atoms with Gasteiger partial charge in [0.15, 0.2) is 0 Å². The monoisotopic (exact) mass is 578 g/mol. The fraction of sp³-hybridized carbons (Fsp3) is 0.0909. The van der Waals surface area contributed by atoms with Gasteiger partial charge in [-0.1, -0.05) is 30.3 Å². The fourth-order valence-corrected chi connectivity index (χ4v) is 4.66. The lowest BCUT2D eigenvalue weighted by atomic mass is 10.1. The zero-order valence-electron chi connectivity index (χ0n) is 17.4. The van der Waals surface area contributed by atoms with E-state index < -0.39 is 27.4 Å². The zero-order chi connectivity index (χ0) is 24.0. The second-order valence-electron chi connectivity index (χ2n) is 6.84. The molecular formula is C22H19IN4O5S. The maximum absolute atomic E-state index is 13.3. The Morgan fingerprint density at radius 1 is 1.06 bits per heavy atom. The van der Waals surface area contributed by atoms with Gasteiger partial charge >= 0.3 is 0 Å². The number of rotatable bonds is 8. The van der Waals surface area contributed by atoms with E-state index in [4.69, 9.17) is 0 Å². The number of carbonyl (C=O) groups is 1. The van der Waals surface area contributed by atoms with Gasteiger partial charge in [-0.3, -0.25) is 19.2 Å². The molecule has 0 saturated carbocycles. The van der Waals surface area contributed by atoms with Crippen LogP contribution in [-0.2, 0) is 14.8 Å². The van der Waals surface area contributed by atoms with Gasteiger partial charge in [0, 0.05) is 21.3 Å². The number of nitrogens with zero attached hydrogens (tertiary/aromatic N) is 3. The molecule has 9 nitrogen and oxygen atoms in total. The summed E-state index contributed by atoms with van der Waals surface area (Å²) in [5.74, 6) is -0.669. The molecule has 0 fully saturated rings. The first-order valence-electron chi connectivity index (χ1n) is 9.60. The molecule has 0 aromatic heterocycles. The third-order valence-corrected chi connectivity index (χ3v) is 7.06. The van der Waals surface area contributed by atoms with Crippen molar-refractivity contribution in [2.24, 2.45) is 5.10 Å². The van der Waals surface area contributed by atoms with Crippen molar-refractivity contribution in [3.63, 3.8) is 0 Å². The van der Waals surface area contributed by atoms with Crippen molar-refractivity contribution in [3.8, 4) is 0 Å². The van der Waals surface area contributed by atoms with Crippen molar-refractivity contribution in [1.29, 1.82) is 0 Å². The first-order chi connectivity index (χ1) is 15.7. The highest BCUT2D eigenvalue weighted by atomic mass is 127. The Balaban J connectivity index is 1.85. The number of carbonyl (C=O) groups excluding carboxylic acids is 1. The van der Waals surface area contributed by atoms with Crippen molar-refractivity contribution in [2.75, 3.05) is 10.8 Å². The minimum Gasteiger partial charge on any atom is -0.271 e. The van der Waals surface area contributed by atoms with E-state index in [9.17, 15) is 23.3 Å². The Kier molecular flexibility index (Phi) is 7.76. The molecule has 0 saturated heterocycles. The number of nitro benzene ring substituents is 1. The van der Waals surface area contributed by atoms with Crippen LogP contribution < -0.4 is 9.73 Å². The van der Waals surface area contributed by atoms with E-state index in [-0.39, 0.29) is 10.6 Å². The number of anilines is 1. The molecule has 3 aromatic carbocycles. The van der Waals surface area contributed by atoms with Crippen molar-refractivity contribution in [1.82, 2.24) is 5.43 Å². The van der Waals surface area contributed by atoms with Crippen LogP contribution in [0, 0.1) is 13.7 Å². The number of nitro groups is 1. The molecule has 0 spiro atoms. The smallest absolute Gasteiger partial charge is 0.270 e. The number of hydrogen-bond acceptors (Lipinski definition) is 6. The molecule has 0 aliphatic carbocycles. The first kappa shape index (κ1) is 24.3. The predicted octanol–water partition coefficient (Wildman–Crippen LogP) is 3.94. The van der Waals surface area contributed by atoms with Gasteiger partial charge in [0.05, 0.1) is 21.2 Å². The van der Waals surface area contributed by atoms with Crippen LogP contribution in [0.5, 0.6) is 0 Å². The average Bonchev–Trinajstić information content (AvgIpc) is 2.82. The molecule has 3 aromatic rings. The summed E-state index contributed by atoms with van der Waals surface area (Å²) in [6.07, 6.45) is 0. The number of benzene rings is 3. The van der Waals surface area contributed by atoms with E-state index >= 15 is 0 Å². The number of amides is 1. The van der Waals surface area contributed by atoms with Crippen LogP contribution in [0.1, 0.15) is 12.5 Å². The van der Waals surface area contributed by atoms with E-state index in [1.807, 2.05) is 0 Å². The molecule has 1 amide bonds. The quantitative estimate of drug-likeness (QED) is 0.188. The average molecular weight is 578 g/mol. The number of hydrogen-bond donors (Lipinski definition) is 1. The summed E-state index contributed by atoms with van der Waals surface area (Å²) in [6, 6.07) is 20.4. The summed E-state index contributed by atoms with van der Waals surface area (Å²) in [5.41, 5.74) is 3.35. The van der Waals surface area contributed by atoms with Gasteiger partial charge in [0.1, 0.15) is 6.54 Å². The lowest BCUT2D eigenvalue weighted by molar-refractivity contribution is -0.384. The Morgan fingerprint density at radius 3 is 2.36 bits per heavy atom. The van der Waals surface area contributed by atoms with E-state index in [0.29, 0.717) is 17.0 Å². The van der Waals surface area contributed by atoms with Crippen molar-refractivity contribution in [2.45, 2.75) is 11.8 Å². The van der Waals surface area contributed by atoms with Crippen LogP contribution >= 0.6 is 22.6 Å². The maximum atomic E-state index is 13.3. The number of hydrazone groups is 1. The topological polar surface area (TPSA) is 122 Å². The number of nitrogens with one attached hydrogen (secondary N) is 1. The summed E-state index contributed by atoms with van der Waals surface area (Å²) in [4.78, 5) is 23.1. The normalized spacial score (nSPS) is 11.6. The van der Waals surface area contributed by atoms with Gasteiger partial charge in [-0.05, 0) is 65.9 Å². The summed E-state index contributed by atoms with van der Waals surface area (Å²) in [5, 5.41) is 14.9. The molecule has 0 bridgehead atoms. The fourth-order valence-electron chi connectivity index (χ4n) is 2.86. The lowest BCUT2D eigenvalue weighted by Crippen LogP contribution is -2.39. The molecule has 0 atom stereocenters. The standard InChI is InChI=1S/C22H19IN4O5S/c1-16(17-6-5-7-20(14-17)27(29)30)24-25-22(28)15-26(19-12-10-18(23)11-13-19)33(31,32)21-8-3-2-4-9-21/h2-14H,15H2,1H3,(H,25,28)/b24-16-. The summed E-state index contributed by atoms with van der Waals surface area (Å²) in [6.45, 7) is 1.07. The third kappa shape index (κ3) is 6.14. The number of non-ortho nitro benzene ring substituents is 1. The third-order valence-electron chi connectivity index (χ3n) is 4.56. The van der Waals surface area contributed by atoms with Gasteiger partial charge in [-0.25, -0.2) is 13.8 Å². The molecule has 0 radical (unpaired) electrons. The van der Waals surface area contributed by atoms with Gasteiger partial charge in [0.25, 0.3) is 21.6 Å². The second kappa shape index (κ2) is 10.5. The maximum Gasteiger partial charge on any atom is 0.270 e. The number of halogens is 1. The molecule has 33 heavy (non-hydrogen) atoms. The molecule has 0 unspecified atom stereocenters. The highest BCUT2D eigenvalue weighted by Crippen LogP contribution is 2.24. The molecular weight excluding hydrogens is 559 g/mol. The zero-order valence-corrected chi connectivity index (χ0v) is 20.4. The molecule has 3 rings (SSSR count). The van der Waals surface area contributed by atoms with E-state index in [2.05, 4.69) is 33.1 Å². The minimum absolute atomic E-state index is 0.0487. The van der Waals surface area contributed by atoms with Crippen LogP contribution in [-0.4, -0.2) is 31.5 Å². The summed E-state index contributed by atoms with van der Waals surface area (Å²) >= 11 is 2.10. The van der Waals surface area contributed by atoms with Crippen LogP contribution in [0.25, 0.3) is 0 Å². The minimum atomic E-state index is -4.02. The van der Waals surface area contributed by atoms with Crippen LogP contribution in [0.2, 0.25) is 0 Å². The van der Waals surface area contributed by atoms with Crippen LogP contribution in [0.3, 0.4) is 0 Å². The lowest BCUT2D eigenvalue weighted by Gasteiger charge is -2.23. The predicted molar refractivity (Wildman–Crippen MR) is 134 cm³/mol.